The van der Waals surface area contributed by atoms with E-state index in [-0.39, 0.29) is 0 Å². The van der Waals surface area contributed by atoms with Gasteiger partial charge in [0.05, 0.1) is 6.61 Å². The molecule has 1 aromatic carbocycles. The monoisotopic (exact) mass is 301 g/mol. The second-order valence-electron chi connectivity index (χ2n) is 4.20. The lowest BCUT2D eigenvalue weighted by atomic mass is 10.3. The quantitative estimate of drug-likeness (QED) is 0.692. The fraction of sp³-hybridized carbons (Fsp3) is 0.125. The number of nitrogens with one attached hydrogen (secondary N) is 1. The Morgan fingerprint density at radius 2 is 1.95 bits per heavy atom. The van der Waals surface area contributed by atoms with E-state index in [1.807, 2.05) is 48.7 Å². The molecule has 0 bridgehead atoms. The largest absolute Gasteiger partial charge is 0.490 e. The summed E-state index contributed by atoms with van der Waals surface area (Å²) in [5.41, 5.74) is 0. The summed E-state index contributed by atoms with van der Waals surface area (Å²) in [7, 11) is 0. The van der Waals surface area contributed by atoms with Crippen LogP contribution in [0.5, 0.6) is 28.1 Å². The Hall–Kier alpha value is -2.40. The molecule has 108 valence electrons. The van der Waals surface area contributed by atoms with Gasteiger partial charge >= 0.3 is 0 Å². The molecule has 0 aliphatic heterocycles. The van der Waals surface area contributed by atoms with Crippen molar-refractivity contribution in [2.75, 3.05) is 6.61 Å². The van der Waals surface area contributed by atoms with Gasteiger partial charge in [-0.25, -0.2) is 0 Å². The highest BCUT2D eigenvalue weighted by atomic mass is 32.1. The molecule has 1 N–H and O–H groups in total. The summed E-state index contributed by atoms with van der Waals surface area (Å²) in [4.78, 5) is 2.96. The average Bonchev–Trinajstić information content (AvgIpc) is 3.16. The number of aromatic amines is 1. The molecule has 4 nitrogen and oxygen atoms in total. The lowest BCUT2D eigenvalue weighted by Crippen LogP contribution is -1.96. The number of H-pyrrole nitrogens is 1. The third-order valence-corrected chi connectivity index (χ3v) is 3.48. The average molecular weight is 301 g/mol. The van der Waals surface area contributed by atoms with Gasteiger partial charge in [0.2, 0.25) is 5.75 Å². The summed E-state index contributed by atoms with van der Waals surface area (Å²) < 4.78 is 17.4. The number of hydrogen-bond acceptors (Lipinski definition) is 4. The van der Waals surface area contributed by atoms with Crippen molar-refractivity contribution in [3.8, 4) is 28.1 Å². The van der Waals surface area contributed by atoms with Crippen LogP contribution < -0.4 is 14.2 Å². The summed E-state index contributed by atoms with van der Waals surface area (Å²) >= 11 is 1.53. The zero-order chi connectivity index (χ0) is 14.5. The van der Waals surface area contributed by atoms with Crippen molar-refractivity contribution in [3.05, 3.63) is 54.2 Å². The number of ether oxygens (including phenoxy) is 3. The molecule has 0 fully saturated rings. The lowest BCUT2D eigenvalue weighted by Gasteiger charge is -2.14. The Kier molecular flexibility index (Phi) is 4.12. The van der Waals surface area contributed by atoms with Crippen molar-refractivity contribution in [2.24, 2.45) is 0 Å². The van der Waals surface area contributed by atoms with Crippen LogP contribution in [0.3, 0.4) is 0 Å². The van der Waals surface area contributed by atoms with E-state index in [9.17, 15) is 0 Å². The van der Waals surface area contributed by atoms with E-state index in [0.29, 0.717) is 29.6 Å². The predicted molar refractivity (Wildman–Crippen MR) is 82.9 cm³/mol. The van der Waals surface area contributed by atoms with E-state index in [1.54, 1.807) is 12.4 Å². The summed E-state index contributed by atoms with van der Waals surface area (Å²) in [6.07, 6.45) is 3.58. The van der Waals surface area contributed by atoms with Gasteiger partial charge in [-0.1, -0.05) is 6.07 Å². The second kappa shape index (κ2) is 6.37. The minimum atomic E-state index is 0.561. The normalized spacial score (nSPS) is 10.3. The molecule has 3 rings (SSSR count). The first-order valence-electron chi connectivity index (χ1n) is 6.64. The molecule has 21 heavy (non-hydrogen) atoms. The van der Waals surface area contributed by atoms with Crippen LogP contribution >= 0.6 is 11.3 Å². The van der Waals surface area contributed by atoms with Crippen molar-refractivity contribution in [1.82, 2.24) is 4.98 Å². The van der Waals surface area contributed by atoms with E-state index in [1.165, 1.54) is 11.3 Å². The number of benzene rings is 1. The van der Waals surface area contributed by atoms with Crippen LogP contribution in [-0.2, 0) is 0 Å². The van der Waals surface area contributed by atoms with Gasteiger partial charge in [-0.2, -0.15) is 0 Å². The van der Waals surface area contributed by atoms with Gasteiger partial charge in [-0.3, -0.25) is 0 Å². The van der Waals surface area contributed by atoms with E-state index in [4.69, 9.17) is 14.2 Å². The molecule has 0 saturated carbocycles. The van der Waals surface area contributed by atoms with Gasteiger partial charge in [0, 0.05) is 12.4 Å². The van der Waals surface area contributed by atoms with Crippen LogP contribution in [0.2, 0.25) is 0 Å². The first-order chi connectivity index (χ1) is 10.4. The van der Waals surface area contributed by atoms with Crippen molar-refractivity contribution >= 4 is 11.3 Å². The molecule has 0 amide bonds. The van der Waals surface area contributed by atoms with Crippen molar-refractivity contribution < 1.29 is 14.2 Å². The van der Waals surface area contributed by atoms with Gasteiger partial charge in [0.25, 0.3) is 0 Å². The number of hydrogen-bond donors (Lipinski definition) is 1. The van der Waals surface area contributed by atoms with E-state index < -0.39 is 0 Å². The number of thiophene rings is 1. The van der Waals surface area contributed by atoms with Crippen LogP contribution in [0.15, 0.2) is 54.2 Å². The molecular weight excluding hydrogens is 286 g/mol. The van der Waals surface area contributed by atoms with Crippen LogP contribution in [0.25, 0.3) is 0 Å². The molecule has 0 aliphatic carbocycles. The molecule has 0 radical (unpaired) electrons. The molecule has 2 heterocycles. The Morgan fingerprint density at radius 1 is 1.05 bits per heavy atom. The zero-order valence-electron chi connectivity index (χ0n) is 11.5. The smallest absolute Gasteiger partial charge is 0.211 e. The van der Waals surface area contributed by atoms with Crippen molar-refractivity contribution in [1.29, 1.82) is 0 Å². The highest BCUT2D eigenvalue weighted by Gasteiger charge is 2.15. The highest BCUT2D eigenvalue weighted by Crippen LogP contribution is 2.42. The lowest BCUT2D eigenvalue weighted by molar-refractivity contribution is 0.315. The molecule has 0 spiro atoms. The second-order valence-corrected chi connectivity index (χ2v) is 5.11. The standard InChI is InChI=1S/C16H15NO3S/c1-2-18-13-5-3-6-14(20-15-7-4-10-21-15)16(13)19-12-8-9-17-11-12/h3-11,17H,2H2,1H3. The number of rotatable bonds is 6. The fourth-order valence-corrected chi connectivity index (χ4v) is 2.45. The molecule has 0 saturated heterocycles. The summed E-state index contributed by atoms with van der Waals surface area (Å²) in [6, 6.07) is 11.3. The maximum atomic E-state index is 5.91. The Labute approximate surface area is 126 Å². The fourth-order valence-electron chi connectivity index (χ4n) is 1.87. The van der Waals surface area contributed by atoms with Crippen LogP contribution in [-0.4, -0.2) is 11.6 Å². The van der Waals surface area contributed by atoms with Gasteiger partial charge in [0.15, 0.2) is 16.6 Å². The molecule has 0 unspecified atom stereocenters. The highest BCUT2D eigenvalue weighted by molar-refractivity contribution is 7.11. The van der Waals surface area contributed by atoms with E-state index in [2.05, 4.69) is 4.98 Å². The number of aromatic nitrogens is 1. The molecule has 3 aromatic rings. The van der Waals surface area contributed by atoms with Gasteiger partial charge in [-0.15, -0.1) is 11.3 Å². The van der Waals surface area contributed by atoms with Crippen LogP contribution in [0, 0.1) is 0 Å². The minimum absolute atomic E-state index is 0.561. The SMILES string of the molecule is CCOc1cccc(Oc2cccs2)c1Oc1cc[nH]c1. The van der Waals surface area contributed by atoms with Crippen LogP contribution in [0.1, 0.15) is 6.92 Å². The topological polar surface area (TPSA) is 43.5 Å². The molecule has 0 aliphatic rings. The third kappa shape index (κ3) is 3.20. The minimum Gasteiger partial charge on any atom is -0.490 e. The maximum Gasteiger partial charge on any atom is 0.211 e. The number of para-hydroxylation sites is 1. The maximum absolute atomic E-state index is 5.91. The Bertz CT molecular complexity index is 678. The zero-order valence-corrected chi connectivity index (χ0v) is 12.4. The molecule has 5 heteroatoms. The molecule has 0 atom stereocenters. The Balaban J connectivity index is 1.95. The first kappa shape index (κ1) is 13.6. The summed E-state index contributed by atoms with van der Waals surface area (Å²) in [5, 5.41) is 2.77. The van der Waals surface area contributed by atoms with Gasteiger partial charge in [0.1, 0.15) is 5.75 Å². The molecular formula is C16H15NO3S. The molecule has 2 aromatic heterocycles. The van der Waals surface area contributed by atoms with E-state index >= 15 is 0 Å². The van der Waals surface area contributed by atoms with Crippen molar-refractivity contribution in [2.45, 2.75) is 6.92 Å². The predicted octanol–water partition coefficient (Wildman–Crippen LogP) is 5.06. The van der Waals surface area contributed by atoms with Crippen molar-refractivity contribution in [3.63, 3.8) is 0 Å². The summed E-state index contributed by atoms with van der Waals surface area (Å²) in [6.45, 7) is 2.50. The first-order valence-corrected chi connectivity index (χ1v) is 7.52. The van der Waals surface area contributed by atoms with Crippen LogP contribution in [0.4, 0.5) is 0 Å². The Morgan fingerprint density at radius 3 is 2.67 bits per heavy atom. The van der Waals surface area contributed by atoms with Gasteiger partial charge < -0.3 is 19.2 Å². The van der Waals surface area contributed by atoms with Gasteiger partial charge in [-0.05, 0) is 42.6 Å². The van der Waals surface area contributed by atoms with E-state index in [0.717, 1.165) is 5.06 Å². The summed E-state index contributed by atoms with van der Waals surface area (Å²) in [5.74, 6) is 2.57. The third-order valence-electron chi connectivity index (χ3n) is 2.74.